The molecule has 5 rings (SSSR count). The van der Waals surface area contributed by atoms with Crippen molar-refractivity contribution in [3.05, 3.63) is 68.8 Å². The largest absolute Gasteiger partial charge is 0.318 e. The van der Waals surface area contributed by atoms with Gasteiger partial charge in [-0.05, 0) is 24.3 Å². The average molecular weight is 596 g/mol. The first-order chi connectivity index (χ1) is 18.7. The molecule has 2 aromatic rings. The third-order valence-corrected chi connectivity index (χ3v) is 8.90. The topological polar surface area (TPSA) is 248 Å². The van der Waals surface area contributed by atoms with Gasteiger partial charge in [0.15, 0.2) is 0 Å². The molecule has 1 aliphatic carbocycles. The molecule has 0 N–H and O–H groups in total. The van der Waals surface area contributed by atoms with E-state index in [4.69, 9.17) is 0 Å². The van der Waals surface area contributed by atoms with Gasteiger partial charge in [-0.1, -0.05) is 0 Å². The van der Waals surface area contributed by atoms with Crippen LogP contribution < -0.4 is 0 Å². The number of benzene rings is 2. The minimum absolute atomic E-state index is 0.121. The molecule has 3 fully saturated rings. The van der Waals surface area contributed by atoms with Gasteiger partial charge < -0.3 is 0 Å². The molecular formula is C20H12N4O14S2. The molecule has 3 aliphatic rings. The Bertz CT molecular complexity index is 1560. The highest BCUT2D eigenvalue weighted by Crippen LogP contribution is 2.56. The van der Waals surface area contributed by atoms with Crippen LogP contribution in [0.5, 0.6) is 0 Å². The molecule has 0 spiro atoms. The summed E-state index contributed by atoms with van der Waals surface area (Å²) in [7, 11) is -9.72. The monoisotopic (exact) mass is 596 g/mol. The average Bonchev–Trinajstić information content (AvgIpc) is 3.19. The van der Waals surface area contributed by atoms with Crippen LogP contribution in [0.25, 0.3) is 0 Å². The van der Waals surface area contributed by atoms with Gasteiger partial charge in [-0.2, -0.15) is 16.8 Å². The summed E-state index contributed by atoms with van der Waals surface area (Å²) in [4.78, 5) is 70.1. The zero-order valence-corrected chi connectivity index (χ0v) is 20.9. The fourth-order valence-corrected chi connectivity index (χ4v) is 6.43. The fourth-order valence-electron chi connectivity index (χ4n) is 4.63. The van der Waals surface area contributed by atoms with Crippen LogP contribution in [0, 0.1) is 43.9 Å². The molecule has 0 unspecified atom stereocenters. The normalized spacial score (nSPS) is 24.1. The summed E-state index contributed by atoms with van der Waals surface area (Å²) >= 11 is 0. The number of nitrogens with zero attached hydrogens (tertiary/aromatic N) is 4. The van der Waals surface area contributed by atoms with Gasteiger partial charge >= 0.3 is 20.2 Å². The van der Waals surface area contributed by atoms with Crippen LogP contribution in [0.1, 0.15) is 0 Å². The van der Waals surface area contributed by atoms with Crippen LogP contribution in [0.15, 0.2) is 58.3 Å². The first-order valence-corrected chi connectivity index (χ1v) is 13.6. The highest BCUT2D eigenvalue weighted by molar-refractivity contribution is 7.87. The van der Waals surface area contributed by atoms with Crippen molar-refractivity contribution in [1.82, 2.24) is 10.1 Å². The van der Waals surface area contributed by atoms with Gasteiger partial charge in [-0.25, -0.2) is 0 Å². The molecule has 20 heteroatoms. The maximum Gasteiger partial charge on any atom is 0.318 e. The highest BCUT2D eigenvalue weighted by atomic mass is 32.2. The molecule has 208 valence electrons. The van der Waals surface area contributed by atoms with Crippen molar-refractivity contribution in [2.45, 2.75) is 9.79 Å². The summed E-state index contributed by atoms with van der Waals surface area (Å²) in [5.74, 6) is -11.4. The van der Waals surface area contributed by atoms with E-state index in [2.05, 4.69) is 8.57 Å². The number of carbonyl (C=O) groups is 4. The second kappa shape index (κ2) is 8.94. The van der Waals surface area contributed by atoms with Crippen molar-refractivity contribution in [3.63, 3.8) is 0 Å². The van der Waals surface area contributed by atoms with Crippen molar-refractivity contribution >= 4 is 55.2 Å². The number of non-ortho nitro benzene ring substituents is 2. The van der Waals surface area contributed by atoms with Gasteiger partial charge in [0.2, 0.25) is 0 Å². The molecule has 0 bridgehead atoms. The number of hydroxylamine groups is 4. The summed E-state index contributed by atoms with van der Waals surface area (Å²) in [6, 6.07) is 6.57. The number of hydrogen-bond acceptors (Lipinski definition) is 14. The van der Waals surface area contributed by atoms with E-state index in [0.29, 0.717) is 0 Å². The standard InChI is InChI=1S/C20H12N4O14S2/c25-17-13-14(18(26)21(17)37-39(33,34)11-5-1-9(2-6-11)23(29)30)16-15(13)19(27)22(20(16)28)38-40(35,36)12-7-3-10(4-8-12)24(31)32/h1-8,13-16H. The lowest BCUT2D eigenvalue weighted by Crippen LogP contribution is -2.50. The lowest BCUT2D eigenvalue weighted by molar-refractivity contribution is -0.385. The summed E-state index contributed by atoms with van der Waals surface area (Å²) in [5, 5.41) is 21.3. The highest BCUT2D eigenvalue weighted by Gasteiger charge is 2.75. The SMILES string of the molecule is O=C1C2C(C(=O)N1OS(=O)(=O)c1ccc([N+](=O)[O-])cc1)C1C(=O)N(OS(=O)(=O)c3ccc([N+](=O)[O-])cc3)C(=O)C21. The Morgan fingerprint density at radius 2 is 0.800 bits per heavy atom. The zero-order chi connectivity index (χ0) is 29.3. The number of nitro groups is 2. The number of imide groups is 2. The van der Waals surface area contributed by atoms with E-state index < -0.39 is 98.5 Å². The third kappa shape index (κ3) is 4.00. The zero-order valence-electron chi connectivity index (χ0n) is 19.2. The fraction of sp³-hybridized carbons (Fsp3) is 0.200. The summed E-state index contributed by atoms with van der Waals surface area (Å²) in [6.07, 6.45) is 0. The van der Waals surface area contributed by atoms with Crippen LogP contribution in [0.2, 0.25) is 0 Å². The molecule has 2 aromatic carbocycles. The number of amides is 4. The number of fused-ring (bicyclic) bond motifs is 4. The minimum Gasteiger partial charge on any atom is -0.272 e. The molecule has 2 saturated heterocycles. The van der Waals surface area contributed by atoms with Gasteiger partial charge in [-0.3, -0.25) is 39.4 Å². The van der Waals surface area contributed by atoms with Crippen molar-refractivity contribution in [1.29, 1.82) is 0 Å². The minimum atomic E-state index is -4.86. The van der Waals surface area contributed by atoms with E-state index in [1.807, 2.05) is 0 Å². The number of carbonyl (C=O) groups excluding carboxylic acids is 4. The van der Waals surface area contributed by atoms with Crippen LogP contribution in [-0.4, -0.2) is 60.4 Å². The molecule has 18 nitrogen and oxygen atoms in total. The lowest BCUT2D eigenvalue weighted by atomic mass is 9.59. The molecule has 0 radical (unpaired) electrons. The smallest absolute Gasteiger partial charge is 0.272 e. The van der Waals surface area contributed by atoms with Crippen LogP contribution in [0.4, 0.5) is 11.4 Å². The second-order valence-electron chi connectivity index (χ2n) is 8.60. The van der Waals surface area contributed by atoms with Gasteiger partial charge in [0.25, 0.3) is 35.0 Å². The molecule has 40 heavy (non-hydrogen) atoms. The van der Waals surface area contributed by atoms with E-state index in [1.54, 1.807) is 0 Å². The Balaban J connectivity index is 1.33. The van der Waals surface area contributed by atoms with Crippen LogP contribution in [0.3, 0.4) is 0 Å². The second-order valence-corrected chi connectivity index (χ2v) is 11.7. The van der Waals surface area contributed by atoms with Crippen LogP contribution >= 0.6 is 0 Å². The maximum absolute atomic E-state index is 12.9. The van der Waals surface area contributed by atoms with E-state index >= 15 is 0 Å². The number of nitro benzene ring substituents is 2. The molecule has 0 aromatic heterocycles. The summed E-state index contributed by atoms with van der Waals surface area (Å²) in [5.41, 5.74) is -0.893. The maximum atomic E-state index is 12.9. The van der Waals surface area contributed by atoms with E-state index in [9.17, 15) is 56.2 Å². The third-order valence-electron chi connectivity index (χ3n) is 6.51. The number of hydrogen-bond donors (Lipinski definition) is 0. The number of rotatable bonds is 8. The molecule has 4 amide bonds. The molecular weight excluding hydrogens is 584 g/mol. The van der Waals surface area contributed by atoms with Crippen molar-refractivity contribution < 1.29 is 54.4 Å². The Morgan fingerprint density at radius 3 is 1.02 bits per heavy atom. The van der Waals surface area contributed by atoms with Gasteiger partial charge in [0.1, 0.15) is 0 Å². The first-order valence-electron chi connectivity index (χ1n) is 10.8. The van der Waals surface area contributed by atoms with E-state index in [0.717, 1.165) is 48.5 Å². The lowest BCUT2D eigenvalue weighted by Gasteiger charge is -2.35. The first kappa shape index (κ1) is 26.9. The Morgan fingerprint density at radius 1 is 0.550 bits per heavy atom. The summed E-state index contributed by atoms with van der Waals surface area (Å²) in [6.45, 7) is 0. The van der Waals surface area contributed by atoms with E-state index in [1.165, 1.54) is 0 Å². The van der Waals surface area contributed by atoms with Crippen molar-refractivity contribution in [3.8, 4) is 0 Å². The molecule has 1 saturated carbocycles. The van der Waals surface area contributed by atoms with Gasteiger partial charge in [-0.15, -0.1) is 18.7 Å². The van der Waals surface area contributed by atoms with Crippen molar-refractivity contribution in [2.75, 3.05) is 0 Å². The van der Waals surface area contributed by atoms with Gasteiger partial charge in [0.05, 0.1) is 43.3 Å². The summed E-state index contributed by atoms with van der Waals surface area (Å²) < 4.78 is 59.6. The van der Waals surface area contributed by atoms with Crippen molar-refractivity contribution in [2.24, 2.45) is 23.7 Å². The Kier molecular flexibility index (Phi) is 6.02. The molecule has 2 heterocycles. The molecule has 0 atom stereocenters. The molecule has 2 aliphatic heterocycles. The van der Waals surface area contributed by atoms with Gasteiger partial charge in [0, 0.05) is 24.3 Å². The van der Waals surface area contributed by atoms with E-state index in [-0.39, 0.29) is 10.1 Å². The van der Waals surface area contributed by atoms with Crippen LogP contribution in [-0.2, 0) is 48.0 Å². The quantitative estimate of drug-likeness (QED) is 0.215. The Hall–Kier alpha value is -4.66. The predicted octanol–water partition coefficient (Wildman–Crippen LogP) is -0.340. The predicted molar refractivity (Wildman–Crippen MR) is 120 cm³/mol. The Labute approximate surface area is 222 Å².